The minimum absolute atomic E-state index is 0.224. The first-order valence-corrected chi connectivity index (χ1v) is 8.10. The van der Waals surface area contributed by atoms with Gasteiger partial charge in [0.05, 0.1) is 10.7 Å². The van der Waals surface area contributed by atoms with Crippen molar-refractivity contribution < 1.29 is 0 Å². The zero-order valence-corrected chi connectivity index (χ0v) is 12.6. The molecule has 1 fully saturated rings. The van der Waals surface area contributed by atoms with Crippen LogP contribution in [0.1, 0.15) is 29.1 Å². The molecule has 106 valence electrons. The van der Waals surface area contributed by atoms with E-state index in [2.05, 4.69) is 52.5 Å². The number of hydrogen-bond donors (Lipinski definition) is 1. The van der Waals surface area contributed by atoms with E-state index < -0.39 is 0 Å². The zero-order chi connectivity index (χ0) is 13.9. The molecule has 0 spiro atoms. The summed E-state index contributed by atoms with van der Waals surface area (Å²) in [5, 5.41) is 3.41. The molecule has 1 aliphatic heterocycles. The molecule has 2 N–H and O–H groups in total. The van der Waals surface area contributed by atoms with E-state index >= 15 is 0 Å². The largest absolute Gasteiger partial charge is 0.326 e. The van der Waals surface area contributed by atoms with Crippen LogP contribution in [0.4, 0.5) is 0 Å². The van der Waals surface area contributed by atoms with Crippen LogP contribution in [0.25, 0.3) is 0 Å². The number of aromatic nitrogens is 1. The summed E-state index contributed by atoms with van der Waals surface area (Å²) in [4.78, 5) is 7.08. The SMILES string of the molecule is CCc1nc(CN2C[C@@H](N)[C@H](c3ccccc3)C2)cs1. The molecule has 1 aromatic heterocycles. The number of benzene rings is 1. The molecule has 0 saturated carbocycles. The standard InChI is InChI=1S/C16H21N3S/c1-2-16-18-13(11-20-16)8-19-9-14(15(17)10-19)12-6-4-3-5-7-12/h3-7,11,14-15H,2,8-10,17H2,1H3/t14-,15+/m0/s1. The summed E-state index contributed by atoms with van der Waals surface area (Å²) >= 11 is 1.76. The molecule has 2 heterocycles. The summed E-state index contributed by atoms with van der Waals surface area (Å²) in [6, 6.07) is 10.8. The van der Waals surface area contributed by atoms with Crippen molar-refractivity contribution in [3.05, 3.63) is 52.0 Å². The van der Waals surface area contributed by atoms with Crippen molar-refractivity contribution in [2.75, 3.05) is 13.1 Å². The number of rotatable bonds is 4. The summed E-state index contributed by atoms with van der Waals surface area (Å²) in [5.74, 6) is 0.445. The van der Waals surface area contributed by atoms with Crippen molar-refractivity contribution in [3.63, 3.8) is 0 Å². The van der Waals surface area contributed by atoms with Crippen molar-refractivity contribution in [2.24, 2.45) is 5.73 Å². The van der Waals surface area contributed by atoms with Crippen molar-refractivity contribution in [2.45, 2.75) is 31.8 Å². The van der Waals surface area contributed by atoms with Gasteiger partial charge in [0.15, 0.2) is 0 Å². The molecule has 2 atom stereocenters. The van der Waals surface area contributed by atoms with Crippen molar-refractivity contribution >= 4 is 11.3 Å². The van der Waals surface area contributed by atoms with E-state index in [-0.39, 0.29) is 6.04 Å². The molecule has 0 radical (unpaired) electrons. The van der Waals surface area contributed by atoms with Crippen LogP contribution in [0.5, 0.6) is 0 Å². The summed E-state index contributed by atoms with van der Waals surface area (Å²) in [6.07, 6.45) is 1.02. The van der Waals surface area contributed by atoms with Gasteiger partial charge in [-0.05, 0) is 12.0 Å². The predicted molar refractivity (Wildman–Crippen MR) is 83.9 cm³/mol. The fourth-order valence-corrected chi connectivity index (χ4v) is 3.64. The molecule has 1 aromatic carbocycles. The van der Waals surface area contributed by atoms with Gasteiger partial charge in [-0.3, -0.25) is 4.90 Å². The Labute approximate surface area is 124 Å². The molecule has 1 saturated heterocycles. The Morgan fingerprint density at radius 3 is 2.80 bits per heavy atom. The Kier molecular flexibility index (Phi) is 4.15. The summed E-state index contributed by atoms with van der Waals surface area (Å²) < 4.78 is 0. The maximum Gasteiger partial charge on any atom is 0.0926 e. The zero-order valence-electron chi connectivity index (χ0n) is 11.8. The predicted octanol–water partition coefficient (Wildman–Crippen LogP) is 2.63. The Balaban J connectivity index is 1.66. The second-order valence-electron chi connectivity index (χ2n) is 5.46. The quantitative estimate of drug-likeness (QED) is 0.940. The molecule has 0 aliphatic carbocycles. The van der Waals surface area contributed by atoms with E-state index in [1.807, 2.05) is 0 Å². The normalized spacial score (nSPS) is 23.3. The maximum atomic E-state index is 6.33. The Bertz CT molecular complexity index is 552. The van der Waals surface area contributed by atoms with Gasteiger partial charge >= 0.3 is 0 Å². The van der Waals surface area contributed by atoms with E-state index in [1.165, 1.54) is 16.3 Å². The third-order valence-electron chi connectivity index (χ3n) is 3.96. The molecular weight excluding hydrogens is 266 g/mol. The lowest BCUT2D eigenvalue weighted by Crippen LogP contribution is -2.28. The van der Waals surface area contributed by atoms with Gasteiger partial charge in [-0.1, -0.05) is 37.3 Å². The first-order chi connectivity index (χ1) is 9.76. The molecular formula is C16H21N3S. The lowest BCUT2D eigenvalue weighted by molar-refractivity contribution is 0.320. The van der Waals surface area contributed by atoms with Crippen LogP contribution in [0.2, 0.25) is 0 Å². The van der Waals surface area contributed by atoms with E-state index in [0.29, 0.717) is 5.92 Å². The fraction of sp³-hybridized carbons (Fsp3) is 0.438. The van der Waals surface area contributed by atoms with Gasteiger partial charge in [0, 0.05) is 37.0 Å². The number of likely N-dealkylation sites (tertiary alicyclic amines) is 1. The number of thiazole rings is 1. The van der Waals surface area contributed by atoms with Crippen LogP contribution in [0.15, 0.2) is 35.7 Å². The number of nitrogens with zero attached hydrogens (tertiary/aromatic N) is 2. The first-order valence-electron chi connectivity index (χ1n) is 7.22. The minimum atomic E-state index is 0.224. The van der Waals surface area contributed by atoms with Gasteiger partial charge in [0.1, 0.15) is 0 Å². The summed E-state index contributed by atoms with van der Waals surface area (Å²) in [6.45, 7) is 5.07. The second-order valence-corrected chi connectivity index (χ2v) is 6.40. The van der Waals surface area contributed by atoms with Crippen LogP contribution in [-0.2, 0) is 13.0 Å². The van der Waals surface area contributed by atoms with E-state index in [0.717, 1.165) is 26.1 Å². The molecule has 20 heavy (non-hydrogen) atoms. The fourth-order valence-electron chi connectivity index (χ4n) is 2.91. The highest BCUT2D eigenvalue weighted by Crippen LogP contribution is 2.27. The lowest BCUT2D eigenvalue weighted by atomic mass is 9.95. The maximum absolute atomic E-state index is 6.33. The van der Waals surface area contributed by atoms with E-state index in [9.17, 15) is 0 Å². The van der Waals surface area contributed by atoms with E-state index in [1.54, 1.807) is 11.3 Å². The highest BCUT2D eigenvalue weighted by molar-refractivity contribution is 7.09. The summed E-state index contributed by atoms with van der Waals surface area (Å²) in [5.41, 5.74) is 8.87. The summed E-state index contributed by atoms with van der Waals surface area (Å²) in [7, 11) is 0. The van der Waals surface area contributed by atoms with Gasteiger partial charge in [0.25, 0.3) is 0 Å². The smallest absolute Gasteiger partial charge is 0.0926 e. The van der Waals surface area contributed by atoms with Crippen molar-refractivity contribution in [1.29, 1.82) is 0 Å². The Morgan fingerprint density at radius 1 is 1.30 bits per heavy atom. The second kappa shape index (κ2) is 6.04. The van der Waals surface area contributed by atoms with Crippen LogP contribution in [0.3, 0.4) is 0 Å². The molecule has 3 rings (SSSR count). The number of nitrogens with two attached hydrogens (primary N) is 1. The van der Waals surface area contributed by atoms with Crippen molar-refractivity contribution in [1.82, 2.24) is 9.88 Å². The lowest BCUT2D eigenvalue weighted by Gasteiger charge is -2.15. The van der Waals surface area contributed by atoms with Crippen LogP contribution in [0, 0.1) is 0 Å². The minimum Gasteiger partial charge on any atom is -0.326 e. The topological polar surface area (TPSA) is 42.2 Å². The van der Waals surface area contributed by atoms with Gasteiger partial charge in [-0.25, -0.2) is 4.98 Å². The molecule has 0 bridgehead atoms. The van der Waals surface area contributed by atoms with Crippen LogP contribution >= 0.6 is 11.3 Å². The van der Waals surface area contributed by atoms with E-state index in [4.69, 9.17) is 5.73 Å². The average Bonchev–Trinajstić information content (AvgIpc) is 3.07. The highest BCUT2D eigenvalue weighted by atomic mass is 32.1. The molecule has 1 aliphatic rings. The molecule has 3 nitrogen and oxygen atoms in total. The number of hydrogen-bond acceptors (Lipinski definition) is 4. The molecule has 0 amide bonds. The van der Waals surface area contributed by atoms with Gasteiger partial charge in [-0.15, -0.1) is 11.3 Å². The highest BCUT2D eigenvalue weighted by Gasteiger charge is 2.31. The van der Waals surface area contributed by atoms with Crippen LogP contribution in [-0.4, -0.2) is 29.0 Å². The Hall–Kier alpha value is -1.23. The van der Waals surface area contributed by atoms with Crippen LogP contribution < -0.4 is 5.73 Å². The van der Waals surface area contributed by atoms with Gasteiger partial charge < -0.3 is 5.73 Å². The molecule has 4 heteroatoms. The molecule has 2 aromatic rings. The third kappa shape index (κ3) is 2.92. The number of aryl methyl sites for hydroxylation is 1. The molecule has 0 unspecified atom stereocenters. The van der Waals surface area contributed by atoms with Gasteiger partial charge in [-0.2, -0.15) is 0 Å². The van der Waals surface area contributed by atoms with Crippen molar-refractivity contribution in [3.8, 4) is 0 Å². The first kappa shape index (κ1) is 13.7. The monoisotopic (exact) mass is 287 g/mol. The Morgan fingerprint density at radius 2 is 2.10 bits per heavy atom. The average molecular weight is 287 g/mol. The van der Waals surface area contributed by atoms with Gasteiger partial charge in [0.2, 0.25) is 0 Å². The third-order valence-corrected chi connectivity index (χ3v) is 5.00.